The number of rotatable bonds is 1. The highest BCUT2D eigenvalue weighted by molar-refractivity contribution is 7.39. The normalized spacial score (nSPS) is 20.0. The van der Waals surface area contributed by atoms with Crippen LogP contribution in [-0.4, -0.2) is 59.8 Å². The molecule has 2 aliphatic rings. The smallest absolute Gasteiger partial charge is 0.383 e. The molecule has 52 valence electrons. The summed E-state index contributed by atoms with van der Waals surface area (Å²) in [5, 5.41) is 3.21. The Balaban J connectivity index is 2.06. The fourth-order valence-electron chi connectivity index (χ4n) is 1.36. The third-order valence-electron chi connectivity index (χ3n) is 1.92. The lowest BCUT2D eigenvalue weighted by Crippen LogP contribution is -2.74. The molecule has 6 radical (unpaired) electrons. The van der Waals surface area contributed by atoms with E-state index in [1.54, 1.807) is 6.20 Å². The second-order valence-corrected chi connectivity index (χ2v) is 2.77. The van der Waals surface area contributed by atoms with E-state index in [-0.39, 0.29) is 7.12 Å². The molecule has 0 aromatic heterocycles. The van der Waals surface area contributed by atoms with Crippen LogP contribution in [0.3, 0.4) is 0 Å². The van der Waals surface area contributed by atoms with E-state index in [0.29, 0.717) is 0 Å². The molecule has 1 N–H and O–H groups in total. The van der Waals surface area contributed by atoms with Gasteiger partial charge in [0.15, 0.2) is 7.31 Å². The molecule has 0 saturated carbocycles. The summed E-state index contributed by atoms with van der Waals surface area (Å²) in [6.45, 7) is 3.55. The van der Waals surface area contributed by atoms with Crippen LogP contribution in [0, 0.1) is 0 Å². The van der Waals surface area contributed by atoms with Crippen molar-refractivity contribution in [1.82, 2.24) is 14.5 Å². The number of hydrogen-bond acceptors (Lipinski definition) is 3. The van der Waals surface area contributed by atoms with Gasteiger partial charge in [-0.3, -0.25) is 0 Å². The Morgan fingerprint density at radius 2 is 2.15 bits per heavy atom. The Bertz CT molecular complexity index is 227. The molecule has 2 fully saturated rings. The van der Waals surface area contributed by atoms with Crippen molar-refractivity contribution in [3.05, 3.63) is 18.5 Å². The van der Waals surface area contributed by atoms with E-state index in [4.69, 9.17) is 0 Å². The standard InChI is InChI=1S/C3H4B7N3/c1-2-3-12-7-5-9-13-8-4-6-11-10(12)13/h3,11H,1H2. The highest BCUT2D eigenvalue weighted by Crippen LogP contribution is 2.02. The van der Waals surface area contributed by atoms with Crippen molar-refractivity contribution in [2.75, 3.05) is 0 Å². The second kappa shape index (κ2) is 4.27. The molecule has 0 aromatic rings. The molecule has 10 heteroatoms. The molecular formula is C3H4B7N3. The molecule has 0 unspecified atom stereocenters. The van der Waals surface area contributed by atoms with Gasteiger partial charge in [-0.25, -0.2) is 0 Å². The SMILES string of the molecule is C=C=CN1[B][B][B]N2[B][B][B]NB21. The van der Waals surface area contributed by atoms with Crippen LogP contribution in [0.5, 0.6) is 0 Å². The van der Waals surface area contributed by atoms with Crippen LogP contribution in [0.1, 0.15) is 0 Å². The molecular weight excluding hydrogens is 154 g/mol. The summed E-state index contributed by atoms with van der Waals surface area (Å²) in [5.74, 6) is 0. The first-order chi connectivity index (χ1) is 6.42. The Morgan fingerprint density at radius 1 is 1.31 bits per heavy atom. The molecule has 0 aromatic carbocycles. The molecule has 0 amide bonds. The molecule has 3 nitrogen and oxygen atoms in total. The largest absolute Gasteiger partial charge is 0.447 e. The number of nitrogens with zero attached hydrogens (tertiary/aromatic N) is 2. The first-order valence-electron chi connectivity index (χ1n) is 4.10. The van der Waals surface area contributed by atoms with Gasteiger partial charge in [0.05, 0.1) is 14.1 Å². The molecule has 2 saturated heterocycles. The molecule has 2 rings (SSSR count). The van der Waals surface area contributed by atoms with Crippen molar-refractivity contribution in [2.45, 2.75) is 0 Å². The van der Waals surface area contributed by atoms with Crippen LogP contribution < -0.4 is 5.14 Å². The van der Waals surface area contributed by atoms with Gasteiger partial charge in [-0.1, -0.05) is 6.58 Å². The fraction of sp³-hybridized carbons (Fsp3) is 0. The predicted octanol–water partition coefficient (Wildman–Crippen LogP) is -2.96. The third kappa shape index (κ3) is 1.96. The van der Waals surface area contributed by atoms with Crippen LogP contribution >= 0.6 is 0 Å². The van der Waals surface area contributed by atoms with Crippen LogP contribution in [0.25, 0.3) is 0 Å². The predicted molar refractivity (Wildman–Crippen MR) is 60.8 cm³/mol. The van der Waals surface area contributed by atoms with Crippen LogP contribution in [0.15, 0.2) is 18.5 Å². The first kappa shape index (κ1) is 9.26. The highest BCUT2D eigenvalue weighted by Gasteiger charge is 2.34. The zero-order valence-electron chi connectivity index (χ0n) is 7.22. The van der Waals surface area contributed by atoms with Gasteiger partial charge in [-0.05, 0) is 0 Å². The Hall–Kier alpha value is -0.305. The van der Waals surface area contributed by atoms with E-state index >= 15 is 0 Å². The number of hydrogen-bond donors (Lipinski definition) is 1. The summed E-state index contributed by atoms with van der Waals surface area (Å²) in [6, 6.07) is 0. The maximum atomic E-state index is 3.55. The maximum Gasteiger partial charge on any atom is 0.383 e. The van der Waals surface area contributed by atoms with E-state index in [0.717, 1.165) is 0 Å². The summed E-state index contributed by atoms with van der Waals surface area (Å²) in [6.07, 6.45) is 1.81. The van der Waals surface area contributed by atoms with E-state index < -0.39 is 0 Å². The van der Waals surface area contributed by atoms with E-state index in [2.05, 4.69) is 22.1 Å². The summed E-state index contributed by atoms with van der Waals surface area (Å²) in [4.78, 5) is 0. The number of fused-ring (bicyclic) bond motifs is 1. The van der Waals surface area contributed by atoms with Crippen molar-refractivity contribution < 1.29 is 0 Å². The minimum Gasteiger partial charge on any atom is -0.447 e. The zero-order valence-corrected chi connectivity index (χ0v) is 7.22. The van der Waals surface area contributed by atoms with Gasteiger partial charge in [0, 0.05) is 6.20 Å². The summed E-state index contributed by atoms with van der Waals surface area (Å²) >= 11 is 0. The minimum absolute atomic E-state index is 0.115. The van der Waals surface area contributed by atoms with Gasteiger partial charge >= 0.3 is 7.12 Å². The third-order valence-corrected chi connectivity index (χ3v) is 1.92. The molecule has 2 aliphatic heterocycles. The van der Waals surface area contributed by atoms with E-state index in [9.17, 15) is 0 Å². The molecule has 13 heavy (non-hydrogen) atoms. The quantitative estimate of drug-likeness (QED) is 0.324. The highest BCUT2D eigenvalue weighted by atomic mass is 15.2. The van der Waals surface area contributed by atoms with Crippen molar-refractivity contribution in [3.8, 4) is 0 Å². The summed E-state index contributed by atoms with van der Waals surface area (Å²) < 4.78 is 4.06. The number of nitrogens with one attached hydrogen (secondary N) is 1. The van der Waals surface area contributed by atoms with Crippen LogP contribution in [-0.2, 0) is 0 Å². The lowest BCUT2D eigenvalue weighted by molar-refractivity contribution is 0.806. The molecule has 0 aliphatic carbocycles. The average molecular weight is 158 g/mol. The molecule has 2 heterocycles. The lowest BCUT2D eigenvalue weighted by Gasteiger charge is -2.43. The van der Waals surface area contributed by atoms with Crippen molar-refractivity contribution >= 4 is 50.5 Å². The Morgan fingerprint density at radius 3 is 3.00 bits per heavy atom. The van der Waals surface area contributed by atoms with Gasteiger partial charge in [0.25, 0.3) is 0 Å². The van der Waals surface area contributed by atoms with Crippen LogP contribution in [0.4, 0.5) is 0 Å². The topological polar surface area (TPSA) is 18.5 Å². The monoisotopic (exact) mass is 159 g/mol. The molecule has 0 bridgehead atoms. The molecule has 0 atom stereocenters. The van der Waals surface area contributed by atoms with Crippen LogP contribution in [0.2, 0.25) is 0 Å². The van der Waals surface area contributed by atoms with Gasteiger partial charge in [0.1, 0.15) is 21.9 Å². The molecule has 0 spiro atoms. The van der Waals surface area contributed by atoms with E-state index in [1.807, 2.05) is 48.1 Å². The minimum atomic E-state index is 0.115. The van der Waals surface area contributed by atoms with Crippen molar-refractivity contribution in [3.63, 3.8) is 0 Å². The van der Waals surface area contributed by atoms with Crippen molar-refractivity contribution in [1.29, 1.82) is 0 Å². The van der Waals surface area contributed by atoms with Crippen molar-refractivity contribution in [2.24, 2.45) is 0 Å². The first-order valence-corrected chi connectivity index (χ1v) is 4.10. The lowest BCUT2D eigenvalue weighted by atomic mass is 9.13. The zero-order chi connectivity index (χ0) is 9.10. The Labute approximate surface area is 84.0 Å². The average Bonchev–Trinajstić information content (AvgIpc) is 2.19. The van der Waals surface area contributed by atoms with Gasteiger partial charge < -0.3 is 14.5 Å². The van der Waals surface area contributed by atoms with E-state index in [1.165, 1.54) is 0 Å². The summed E-state index contributed by atoms with van der Waals surface area (Å²) in [5.41, 5.74) is 2.75. The fourth-order valence-corrected chi connectivity index (χ4v) is 1.36. The van der Waals surface area contributed by atoms with Gasteiger partial charge in [-0.2, -0.15) is 0 Å². The Kier molecular flexibility index (Phi) is 3.04. The second-order valence-electron chi connectivity index (χ2n) is 2.77. The summed E-state index contributed by atoms with van der Waals surface area (Å²) in [7, 11) is 12.0. The van der Waals surface area contributed by atoms with Gasteiger partial charge in [0.2, 0.25) is 0 Å². The van der Waals surface area contributed by atoms with Gasteiger partial charge in [-0.15, -0.1) is 5.73 Å². The maximum absolute atomic E-state index is 3.55.